The van der Waals surface area contributed by atoms with E-state index in [2.05, 4.69) is 29.6 Å². The van der Waals surface area contributed by atoms with Gasteiger partial charge >= 0.3 is 6.09 Å². The summed E-state index contributed by atoms with van der Waals surface area (Å²) in [6.07, 6.45) is 0.0100. The van der Waals surface area contributed by atoms with Crippen molar-refractivity contribution < 1.29 is 14.6 Å². The first kappa shape index (κ1) is 18.7. The van der Waals surface area contributed by atoms with Crippen molar-refractivity contribution in [1.29, 1.82) is 0 Å². The number of rotatable bonds is 6. The van der Waals surface area contributed by atoms with Crippen molar-refractivity contribution in [2.75, 3.05) is 13.2 Å². The highest BCUT2D eigenvalue weighted by molar-refractivity contribution is 7.12. The van der Waals surface area contributed by atoms with Crippen LogP contribution in [0.2, 0.25) is 0 Å². The number of alkyl carbamates (subject to hydrolysis) is 1. The lowest BCUT2D eigenvalue weighted by molar-refractivity contribution is 0.137. The van der Waals surface area contributed by atoms with Crippen LogP contribution in [0.15, 0.2) is 60.7 Å². The monoisotopic (exact) mass is 393 g/mol. The van der Waals surface area contributed by atoms with Crippen LogP contribution in [0.5, 0.6) is 0 Å². The molecule has 2 aromatic carbocycles. The zero-order valence-corrected chi connectivity index (χ0v) is 16.5. The molecule has 1 amide bonds. The summed E-state index contributed by atoms with van der Waals surface area (Å²) in [5, 5.41) is 12.3. The number of benzene rings is 2. The fourth-order valence-electron chi connectivity index (χ4n) is 3.84. The standard InChI is InChI=1S/C23H23NO3S/c1-15-10-11-22(28-15)21(12-13-25)24-23(26)27-14-20-18-8-4-2-6-16(18)17-7-3-5-9-19(17)20/h2-11,20-21,25H,12-14H2,1H3,(H,24,26)/t21-/m0/s1. The van der Waals surface area contributed by atoms with Crippen molar-refractivity contribution in [3.8, 4) is 11.1 Å². The third kappa shape index (κ3) is 3.68. The fourth-order valence-corrected chi connectivity index (χ4v) is 4.80. The molecule has 0 saturated carbocycles. The van der Waals surface area contributed by atoms with E-state index >= 15 is 0 Å². The molecule has 144 valence electrons. The van der Waals surface area contributed by atoms with Gasteiger partial charge in [-0.05, 0) is 47.7 Å². The summed E-state index contributed by atoms with van der Waals surface area (Å²) in [4.78, 5) is 14.7. The summed E-state index contributed by atoms with van der Waals surface area (Å²) in [6, 6.07) is 20.3. The summed E-state index contributed by atoms with van der Waals surface area (Å²) in [6.45, 7) is 2.32. The zero-order valence-electron chi connectivity index (χ0n) is 15.7. The van der Waals surface area contributed by atoms with E-state index in [9.17, 15) is 9.90 Å². The molecule has 28 heavy (non-hydrogen) atoms. The molecule has 0 fully saturated rings. The molecule has 0 bridgehead atoms. The van der Waals surface area contributed by atoms with Crippen LogP contribution in [-0.4, -0.2) is 24.4 Å². The average Bonchev–Trinajstić information content (AvgIpc) is 3.28. The van der Waals surface area contributed by atoms with Crippen molar-refractivity contribution in [1.82, 2.24) is 5.32 Å². The second kappa shape index (κ2) is 8.17. The van der Waals surface area contributed by atoms with E-state index in [4.69, 9.17) is 4.74 Å². The minimum Gasteiger partial charge on any atom is -0.449 e. The Morgan fingerprint density at radius 1 is 1.07 bits per heavy atom. The quantitative estimate of drug-likeness (QED) is 0.618. The Labute approximate surface area is 168 Å². The number of aliphatic hydroxyl groups is 1. The molecule has 4 nitrogen and oxygen atoms in total. The van der Waals surface area contributed by atoms with Gasteiger partial charge in [0.2, 0.25) is 0 Å². The number of amides is 1. The predicted molar refractivity (Wildman–Crippen MR) is 112 cm³/mol. The summed E-state index contributed by atoms with van der Waals surface area (Å²) in [7, 11) is 0. The van der Waals surface area contributed by atoms with Crippen LogP contribution < -0.4 is 5.32 Å². The van der Waals surface area contributed by atoms with Crippen LogP contribution in [0.1, 0.15) is 39.3 Å². The lowest BCUT2D eigenvalue weighted by Gasteiger charge is -2.18. The van der Waals surface area contributed by atoms with Gasteiger partial charge in [0.05, 0.1) is 6.04 Å². The first-order chi connectivity index (χ1) is 13.7. The van der Waals surface area contributed by atoms with Gasteiger partial charge in [-0.2, -0.15) is 0 Å². The third-order valence-electron chi connectivity index (χ3n) is 5.16. The number of carbonyl (C=O) groups excluding carboxylic acids is 1. The number of thiophene rings is 1. The molecule has 0 radical (unpaired) electrons. The number of carbonyl (C=O) groups is 1. The molecule has 0 saturated heterocycles. The average molecular weight is 394 g/mol. The minimum absolute atomic E-state index is 0.00523. The normalized spacial score (nSPS) is 13.6. The van der Waals surface area contributed by atoms with Gasteiger partial charge < -0.3 is 15.2 Å². The molecule has 5 heteroatoms. The van der Waals surface area contributed by atoms with Gasteiger partial charge in [0, 0.05) is 22.3 Å². The molecule has 1 heterocycles. The lowest BCUT2D eigenvalue weighted by atomic mass is 9.98. The van der Waals surface area contributed by atoms with Crippen molar-refractivity contribution in [3.63, 3.8) is 0 Å². The SMILES string of the molecule is Cc1ccc([C@H](CCO)NC(=O)OCC2c3ccccc3-c3ccccc32)s1. The molecule has 2 N–H and O–H groups in total. The van der Waals surface area contributed by atoms with Gasteiger partial charge in [0.1, 0.15) is 6.61 Å². The topological polar surface area (TPSA) is 58.6 Å². The maximum Gasteiger partial charge on any atom is 0.407 e. The summed E-state index contributed by atoms with van der Waals surface area (Å²) >= 11 is 1.62. The molecule has 1 aliphatic carbocycles. The molecular formula is C23H23NO3S. The van der Waals surface area contributed by atoms with Crippen LogP contribution in [0, 0.1) is 6.92 Å². The van der Waals surface area contributed by atoms with Gasteiger partial charge in [0.25, 0.3) is 0 Å². The van der Waals surface area contributed by atoms with Crippen LogP contribution in [0.4, 0.5) is 4.79 Å². The number of hydrogen-bond donors (Lipinski definition) is 2. The van der Waals surface area contributed by atoms with E-state index in [0.717, 1.165) is 4.88 Å². The summed E-state index contributed by atoms with van der Waals surface area (Å²) in [5.74, 6) is 0.0402. The largest absolute Gasteiger partial charge is 0.449 e. The summed E-state index contributed by atoms with van der Waals surface area (Å²) in [5.41, 5.74) is 4.80. The van der Waals surface area contributed by atoms with Gasteiger partial charge in [-0.3, -0.25) is 0 Å². The highest BCUT2D eigenvalue weighted by Gasteiger charge is 2.29. The number of nitrogens with one attached hydrogen (secondary N) is 1. The van der Waals surface area contributed by atoms with E-state index in [-0.39, 0.29) is 25.2 Å². The Hall–Kier alpha value is -2.63. The van der Waals surface area contributed by atoms with E-state index in [1.807, 2.05) is 43.3 Å². The Balaban J connectivity index is 1.46. The number of aliphatic hydroxyl groups excluding tert-OH is 1. The second-order valence-electron chi connectivity index (χ2n) is 6.98. The Morgan fingerprint density at radius 2 is 1.71 bits per heavy atom. The van der Waals surface area contributed by atoms with Crippen molar-refractivity contribution in [3.05, 3.63) is 81.5 Å². The van der Waals surface area contributed by atoms with E-state index in [0.29, 0.717) is 6.42 Å². The zero-order chi connectivity index (χ0) is 19.5. The van der Waals surface area contributed by atoms with Crippen molar-refractivity contribution in [2.24, 2.45) is 0 Å². The minimum atomic E-state index is -0.452. The highest BCUT2D eigenvalue weighted by Crippen LogP contribution is 2.44. The Morgan fingerprint density at radius 3 is 2.29 bits per heavy atom. The number of fused-ring (bicyclic) bond motifs is 3. The highest BCUT2D eigenvalue weighted by atomic mass is 32.1. The maximum absolute atomic E-state index is 12.5. The van der Waals surface area contributed by atoms with Crippen LogP contribution in [0.3, 0.4) is 0 Å². The number of ether oxygens (including phenoxy) is 1. The van der Waals surface area contributed by atoms with Gasteiger partial charge in [-0.25, -0.2) is 4.79 Å². The van der Waals surface area contributed by atoms with Gasteiger partial charge in [-0.15, -0.1) is 11.3 Å². The lowest BCUT2D eigenvalue weighted by Crippen LogP contribution is -2.30. The molecular weight excluding hydrogens is 370 g/mol. The third-order valence-corrected chi connectivity index (χ3v) is 6.27. The van der Waals surface area contributed by atoms with Crippen LogP contribution in [0.25, 0.3) is 11.1 Å². The molecule has 0 spiro atoms. The van der Waals surface area contributed by atoms with Crippen molar-refractivity contribution in [2.45, 2.75) is 25.3 Å². The molecule has 3 aromatic rings. The van der Waals surface area contributed by atoms with E-state index in [1.165, 1.54) is 27.1 Å². The van der Waals surface area contributed by atoms with Gasteiger partial charge in [-0.1, -0.05) is 48.5 Å². The first-order valence-electron chi connectivity index (χ1n) is 9.46. The molecule has 0 unspecified atom stereocenters. The van der Waals surface area contributed by atoms with E-state index < -0.39 is 6.09 Å². The predicted octanol–water partition coefficient (Wildman–Crippen LogP) is 5.02. The van der Waals surface area contributed by atoms with Crippen LogP contribution >= 0.6 is 11.3 Å². The number of aryl methyl sites for hydroxylation is 1. The van der Waals surface area contributed by atoms with E-state index in [1.54, 1.807) is 11.3 Å². The molecule has 1 atom stereocenters. The Kier molecular flexibility index (Phi) is 5.46. The second-order valence-corrected chi connectivity index (χ2v) is 8.30. The van der Waals surface area contributed by atoms with Crippen LogP contribution in [-0.2, 0) is 4.74 Å². The molecule has 0 aliphatic heterocycles. The smallest absolute Gasteiger partial charge is 0.407 e. The molecule has 4 rings (SSSR count). The molecule has 1 aromatic heterocycles. The summed E-state index contributed by atoms with van der Waals surface area (Å²) < 4.78 is 5.62. The Bertz CT molecular complexity index is 936. The maximum atomic E-state index is 12.5. The fraction of sp³-hybridized carbons (Fsp3) is 0.261. The van der Waals surface area contributed by atoms with Gasteiger partial charge in [0.15, 0.2) is 0 Å². The first-order valence-corrected chi connectivity index (χ1v) is 10.3. The molecule has 1 aliphatic rings. The number of hydrogen-bond acceptors (Lipinski definition) is 4. The van der Waals surface area contributed by atoms with Crippen molar-refractivity contribution >= 4 is 17.4 Å².